The molecule has 4 nitrogen and oxygen atoms in total. The van der Waals surface area contributed by atoms with E-state index in [2.05, 4.69) is 164 Å². The predicted octanol–water partition coefficient (Wildman–Crippen LogP) is 13.5. The number of aromatic nitrogens is 3. The Morgan fingerprint density at radius 1 is 0.418 bits per heavy atom. The first kappa shape index (κ1) is 31.4. The second kappa shape index (κ2) is 12.8. The highest BCUT2D eigenvalue weighted by Crippen LogP contribution is 2.41. The summed E-state index contributed by atoms with van der Waals surface area (Å²) in [7, 11) is 0. The van der Waals surface area contributed by atoms with Crippen molar-refractivity contribution >= 4 is 65.4 Å². The monoisotopic (exact) mass is 703 g/mol. The van der Waals surface area contributed by atoms with Crippen LogP contribution < -0.4 is 0 Å². The van der Waals surface area contributed by atoms with E-state index in [1.165, 1.54) is 38.1 Å². The normalized spacial score (nSPS) is 13.2. The molecule has 0 atom stereocenters. The van der Waals surface area contributed by atoms with Gasteiger partial charge in [-0.1, -0.05) is 152 Å². The van der Waals surface area contributed by atoms with Crippen molar-refractivity contribution in [2.24, 2.45) is 0 Å². The van der Waals surface area contributed by atoms with Crippen LogP contribution in [0.1, 0.15) is 24.2 Å². The van der Waals surface area contributed by atoms with Crippen LogP contribution in [0.15, 0.2) is 180 Å². The maximum absolute atomic E-state index is 6.32. The van der Waals surface area contributed by atoms with Crippen LogP contribution >= 0.6 is 0 Å². The van der Waals surface area contributed by atoms with E-state index < -0.39 is 0 Å². The van der Waals surface area contributed by atoms with Crippen molar-refractivity contribution in [1.82, 2.24) is 15.0 Å². The van der Waals surface area contributed by atoms with Crippen molar-refractivity contribution in [3.8, 4) is 33.9 Å². The molecule has 55 heavy (non-hydrogen) atoms. The number of benzene rings is 8. The third-order valence-corrected chi connectivity index (χ3v) is 11.0. The molecule has 2 heterocycles. The fourth-order valence-corrected chi connectivity index (χ4v) is 8.27. The lowest BCUT2D eigenvalue weighted by Crippen LogP contribution is -2.05. The summed E-state index contributed by atoms with van der Waals surface area (Å²) in [6.07, 6.45) is 6.22. The van der Waals surface area contributed by atoms with E-state index in [1.807, 2.05) is 12.1 Å². The van der Waals surface area contributed by atoms with E-state index >= 15 is 0 Å². The molecule has 0 bridgehead atoms. The van der Waals surface area contributed by atoms with Crippen molar-refractivity contribution < 1.29 is 4.42 Å². The van der Waals surface area contributed by atoms with E-state index in [0.717, 1.165) is 68.0 Å². The number of allylic oxidation sites excluding steroid dienone is 4. The fraction of sp³-hybridized carbons (Fsp3) is 0.0392. The summed E-state index contributed by atoms with van der Waals surface area (Å²) < 4.78 is 6.32. The molecular weight excluding hydrogens is 671 g/mol. The summed E-state index contributed by atoms with van der Waals surface area (Å²) in [5, 5.41) is 9.52. The molecule has 0 saturated carbocycles. The molecular formula is C51H33N3O. The van der Waals surface area contributed by atoms with E-state index in [9.17, 15) is 0 Å². The molecule has 0 amide bonds. The third-order valence-electron chi connectivity index (χ3n) is 11.0. The first-order valence-electron chi connectivity index (χ1n) is 18.8. The summed E-state index contributed by atoms with van der Waals surface area (Å²) in [5.74, 6) is 1.95. The molecule has 0 saturated heterocycles. The van der Waals surface area contributed by atoms with E-state index in [1.54, 1.807) is 0 Å². The van der Waals surface area contributed by atoms with Gasteiger partial charge in [-0.3, -0.25) is 0 Å². The van der Waals surface area contributed by atoms with Gasteiger partial charge in [-0.2, -0.15) is 0 Å². The van der Waals surface area contributed by atoms with E-state index in [0.29, 0.717) is 17.5 Å². The Morgan fingerprint density at radius 3 is 1.93 bits per heavy atom. The van der Waals surface area contributed by atoms with E-state index in [4.69, 9.17) is 19.4 Å². The largest absolute Gasteiger partial charge is 0.456 e. The molecule has 1 aliphatic carbocycles. The van der Waals surface area contributed by atoms with Crippen molar-refractivity contribution in [2.75, 3.05) is 0 Å². The zero-order chi connectivity index (χ0) is 36.3. The molecule has 0 aliphatic heterocycles. The standard InChI is InChI=1S/C51H33N3O/c1-2-12-36-30-37(26-22-32(36)10-1)33-20-24-35(25-21-33)49-52-50(39-28-29-41-38(31-39)27-23-34-11-3-4-13-40(34)41)54-51(53-49)44-15-6-5-14-42(44)43-17-9-19-47-48(43)45-16-7-8-18-46(45)55-47/h1-4,6-13,15-31H,5,14H2. The van der Waals surface area contributed by atoms with Gasteiger partial charge in [0.1, 0.15) is 11.2 Å². The van der Waals surface area contributed by atoms with Crippen LogP contribution in [-0.2, 0) is 0 Å². The Hall–Kier alpha value is -7.17. The van der Waals surface area contributed by atoms with Gasteiger partial charge in [-0.05, 0) is 91.7 Å². The molecule has 0 radical (unpaired) electrons. The Balaban J connectivity index is 1.09. The Bertz CT molecular complexity index is 3210. The maximum atomic E-state index is 6.32. The summed E-state index contributed by atoms with van der Waals surface area (Å²) in [6.45, 7) is 0. The molecule has 258 valence electrons. The Kier molecular flexibility index (Phi) is 7.27. The van der Waals surface area contributed by atoms with Gasteiger partial charge in [0.15, 0.2) is 17.5 Å². The van der Waals surface area contributed by atoms with E-state index in [-0.39, 0.29) is 0 Å². The summed E-state index contributed by atoms with van der Waals surface area (Å²) >= 11 is 0. The Labute approximate surface area is 317 Å². The summed E-state index contributed by atoms with van der Waals surface area (Å²) in [4.78, 5) is 15.7. The molecule has 0 spiro atoms. The van der Waals surface area contributed by atoms with Crippen molar-refractivity contribution in [3.05, 3.63) is 187 Å². The van der Waals surface area contributed by atoms with Gasteiger partial charge in [-0.25, -0.2) is 15.0 Å². The lowest BCUT2D eigenvalue weighted by atomic mass is 9.88. The number of rotatable bonds is 5. The van der Waals surface area contributed by atoms with Crippen LogP contribution in [0.2, 0.25) is 0 Å². The fourth-order valence-electron chi connectivity index (χ4n) is 8.27. The average molecular weight is 704 g/mol. The van der Waals surface area contributed by atoms with Gasteiger partial charge in [0.05, 0.1) is 0 Å². The maximum Gasteiger partial charge on any atom is 0.164 e. The van der Waals surface area contributed by atoms with Gasteiger partial charge in [-0.15, -0.1) is 0 Å². The lowest BCUT2D eigenvalue weighted by molar-refractivity contribution is 0.669. The van der Waals surface area contributed by atoms with Gasteiger partial charge >= 0.3 is 0 Å². The number of hydrogen-bond donors (Lipinski definition) is 0. The zero-order valence-electron chi connectivity index (χ0n) is 29.9. The summed E-state index contributed by atoms with van der Waals surface area (Å²) in [5.41, 5.74) is 9.35. The molecule has 0 fully saturated rings. The molecule has 10 aromatic rings. The summed E-state index contributed by atoms with van der Waals surface area (Å²) in [6, 6.07) is 57.8. The Morgan fingerprint density at radius 2 is 1.04 bits per heavy atom. The van der Waals surface area contributed by atoms with Gasteiger partial charge in [0.2, 0.25) is 0 Å². The smallest absolute Gasteiger partial charge is 0.164 e. The van der Waals surface area contributed by atoms with Crippen LogP contribution in [-0.4, -0.2) is 15.0 Å². The molecule has 11 rings (SSSR count). The molecule has 4 heteroatoms. The van der Waals surface area contributed by atoms with Crippen molar-refractivity contribution in [3.63, 3.8) is 0 Å². The topological polar surface area (TPSA) is 51.8 Å². The van der Waals surface area contributed by atoms with Crippen LogP contribution in [0.4, 0.5) is 0 Å². The number of hydrogen-bond acceptors (Lipinski definition) is 4. The highest BCUT2D eigenvalue weighted by Gasteiger charge is 2.22. The van der Waals surface area contributed by atoms with Crippen molar-refractivity contribution in [2.45, 2.75) is 12.8 Å². The molecule has 0 N–H and O–H groups in total. The quantitative estimate of drug-likeness (QED) is 0.167. The molecule has 0 unspecified atom stereocenters. The molecule has 2 aromatic heterocycles. The van der Waals surface area contributed by atoms with Crippen LogP contribution in [0.25, 0.3) is 99.3 Å². The minimum atomic E-state index is 0.640. The number of furan rings is 1. The number of nitrogens with zero attached hydrogens (tertiary/aromatic N) is 3. The number of fused-ring (bicyclic) bond motifs is 7. The van der Waals surface area contributed by atoms with Crippen LogP contribution in [0.5, 0.6) is 0 Å². The van der Waals surface area contributed by atoms with Crippen LogP contribution in [0, 0.1) is 0 Å². The average Bonchev–Trinajstić information content (AvgIpc) is 3.65. The first-order chi connectivity index (χ1) is 27.2. The highest BCUT2D eigenvalue weighted by molar-refractivity contribution is 6.13. The minimum Gasteiger partial charge on any atom is -0.456 e. The highest BCUT2D eigenvalue weighted by atomic mass is 16.3. The van der Waals surface area contributed by atoms with Gasteiger partial charge in [0, 0.05) is 27.5 Å². The lowest BCUT2D eigenvalue weighted by Gasteiger charge is -2.18. The first-order valence-corrected chi connectivity index (χ1v) is 18.8. The molecule has 8 aromatic carbocycles. The molecule has 1 aliphatic rings. The second-order valence-corrected chi connectivity index (χ2v) is 14.3. The minimum absolute atomic E-state index is 0.640. The van der Waals surface area contributed by atoms with Gasteiger partial charge in [0.25, 0.3) is 0 Å². The van der Waals surface area contributed by atoms with Gasteiger partial charge < -0.3 is 4.42 Å². The zero-order valence-corrected chi connectivity index (χ0v) is 29.9. The van der Waals surface area contributed by atoms with Crippen LogP contribution in [0.3, 0.4) is 0 Å². The second-order valence-electron chi connectivity index (χ2n) is 14.3. The third kappa shape index (κ3) is 5.42. The number of para-hydroxylation sites is 1. The SMILES string of the molecule is C1=CC(c2nc(-c3ccc(-c4ccc5ccccc5c4)cc3)nc(-c3ccc4c(ccc5ccccc54)c3)n2)=C(c2cccc3oc4ccccc4c23)CC1. The van der Waals surface area contributed by atoms with Crippen molar-refractivity contribution in [1.29, 1.82) is 0 Å². The predicted molar refractivity (Wildman–Crippen MR) is 228 cm³/mol.